The highest BCUT2D eigenvalue weighted by Crippen LogP contribution is 2.47. The highest BCUT2D eigenvalue weighted by Gasteiger charge is 2.55. The van der Waals surface area contributed by atoms with Crippen LogP contribution in [0.2, 0.25) is 0 Å². The van der Waals surface area contributed by atoms with Crippen molar-refractivity contribution in [1.82, 2.24) is 0 Å². The second-order valence-electron chi connectivity index (χ2n) is 18.7. The Hall–Kier alpha value is -1.75. The number of rotatable bonds is 10. The van der Waals surface area contributed by atoms with Gasteiger partial charge in [0.25, 0.3) is 0 Å². The summed E-state index contributed by atoms with van der Waals surface area (Å²) in [6, 6.07) is 0. The Morgan fingerprint density at radius 3 is 2.53 bits per heavy atom. The summed E-state index contributed by atoms with van der Waals surface area (Å²) in [6.45, 7) is 14.2. The summed E-state index contributed by atoms with van der Waals surface area (Å²) in [6.07, 6.45) is 6.24. The standard InChI is InChI=1S/C44H68O13/c1-25-21-34(55-44(23-25)35(46)12-11-31(54-44)24-41(6,50)40(48)49)26(2)9-10-30-14-18-43(53-30)19-15-33-39(57-43)36(47)29(5)38(52-33)32(45)22-28(4)37-27(3)13-17-42(56-37)16-7-8-20-51-42/h9-10,23,26-28,30-39,45-47,50H,5,7-8,11-22,24H2,1-4,6H3,(H,48,49)/b10-9+/t26-,27-,28+,30+,31+,32-,33+,34-,35+,36+,37-,38+,39-,41-,42+,43-,44+/m1/s1/i36T. The van der Waals surface area contributed by atoms with E-state index in [4.69, 9.17) is 34.5 Å². The van der Waals surface area contributed by atoms with Gasteiger partial charge in [0.2, 0.25) is 5.79 Å². The summed E-state index contributed by atoms with van der Waals surface area (Å²) in [5.74, 6) is -4.18. The Kier molecular flexibility index (Phi) is 12.5. The third-order valence-corrected chi connectivity index (χ3v) is 13.8. The van der Waals surface area contributed by atoms with Gasteiger partial charge in [-0.15, -0.1) is 0 Å². The van der Waals surface area contributed by atoms with E-state index in [0.29, 0.717) is 63.9 Å². The first-order chi connectivity index (χ1) is 27.3. The van der Waals surface area contributed by atoms with Gasteiger partial charge in [-0.3, -0.25) is 0 Å². The lowest BCUT2D eigenvalue weighted by Gasteiger charge is -2.50. The van der Waals surface area contributed by atoms with Gasteiger partial charge in [-0.1, -0.05) is 45.1 Å². The van der Waals surface area contributed by atoms with Crippen LogP contribution in [-0.2, 0) is 38.0 Å². The molecule has 3 spiro atoms. The zero-order valence-electron chi connectivity index (χ0n) is 35.5. The number of carboxylic acid groups (broad SMARTS) is 1. The SMILES string of the molecule is [3H][C@]1(O)C(=C)[C@@H]([C@H](O)C[C@H](C)[C@@H]2O[C@@]3(CCCCO3)CC[C@H]2C)O[C@H]2CC[C@@]3(CC[C@H](/C=C/[C@@H](C)[C@H]4CC(C)=C[C@]5(O[C@H](C[C@@](C)(O)C(=O)O)CC[C@@H]5O)O4)O3)O[C@H]21. The van der Waals surface area contributed by atoms with Crippen LogP contribution in [0.5, 0.6) is 0 Å². The van der Waals surface area contributed by atoms with Crippen molar-refractivity contribution in [2.24, 2.45) is 17.8 Å². The van der Waals surface area contributed by atoms with Crippen LogP contribution in [0.4, 0.5) is 0 Å². The predicted octanol–water partition coefficient (Wildman–Crippen LogP) is 5.21. The molecule has 5 N–H and O–H groups in total. The molecule has 6 saturated heterocycles. The van der Waals surface area contributed by atoms with Gasteiger partial charge in [-0.25, -0.2) is 4.79 Å². The molecule has 0 unspecified atom stereocenters. The average Bonchev–Trinajstić information content (AvgIpc) is 3.56. The maximum absolute atomic E-state index is 11.7. The van der Waals surface area contributed by atoms with Gasteiger partial charge in [-0.2, -0.15) is 0 Å². The quantitative estimate of drug-likeness (QED) is 0.182. The van der Waals surface area contributed by atoms with E-state index < -0.39 is 71.6 Å². The molecule has 7 aliphatic rings. The van der Waals surface area contributed by atoms with E-state index in [0.717, 1.165) is 37.7 Å². The molecule has 0 aromatic carbocycles. The summed E-state index contributed by atoms with van der Waals surface area (Å²) >= 11 is 0. The van der Waals surface area contributed by atoms with E-state index in [1.54, 1.807) is 6.08 Å². The van der Waals surface area contributed by atoms with Crippen LogP contribution in [-0.4, -0.2) is 122 Å². The van der Waals surface area contributed by atoms with Crippen molar-refractivity contribution >= 4 is 5.97 Å². The zero-order valence-corrected chi connectivity index (χ0v) is 34.5. The van der Waals surface area contributed by atoms with E-state index in [1.165, 1.54) is 6.92 Å². The largest absolute Gasteiger partial charge is 0.479 e. The van der Waals surface area contributed by atoms with Crippen molar-refractivity contribution in [3.63, 3.8) is 0 Å². The van der Waals surface area contributed by atoms with Crippen molar-refractivity contribution in [3.05, 3.63) is 36.0 Å². The predicted molar refractivity (Wildman–Crippen MR) is 208 cm³/mol. The van der Waals surface area contributed by atoms with Crippen LogP contribution >= 0.6 is 0 Å². The molecule has 7 heterocycles. The maximum Gasteiger partial charge on any atom is 0.335 e. The highest BCUT2D eigenvalue weighted by atomic mass is 16.7. The van der Waals surface area contributed by atoms with Crippen molar-refractivity contribution in [2.75, 3.05) is 6.61 Å². The summed E-state index contributed by atoms with van der Waals surface area (Å²) < 4.78 is 54.1. The molecule has 6 fully saturated rings. The summed E-state index contributed by atoms with van der Waals surface area (Å²) in [5.41, 5.74) is -0.932. The first-order valence-electron chi connectivity index (χ1n) is 22.0. The Morgan fingerprint density at radius 2 is 1.79 bits per heavy atom. The molecular weight excluding hydrogens is 736 g/mol. The smallest absolute Gasteiger partial charge is 0.335 e. The maximum atomic E-state index is 11.7. The first kappa shape index (κ1) is 42.0. The minimum absolute atomic E-state index is 0.0221. The summed E-state index contributed by atoms with van der Waals surface area (Å²) in [5, 5.41) is 54.2. The second-order valence-corrected chi connectivity index (χ2v) is 18.7. The molecular formula is C44H68O13. The number of fused-ring (bicyclic) bond motifs is 1. The van der Waals surface area contributed by atoms with E-state index >= 15 is 0 Å². The third kappa shape index (κ3) is 9.15. The molecule has 0 aromatic heterocycles. The van der Waals surface area contributed by atoms with Crippen molar-refractivity contribution in [1.29, 1.82) is 0 Å². The lowest BCUT2D eigenvalue weighted by Crippen LogP contribution is -2.60. The summed E-state index contributed by atoms with van der Waals surface area (Å²) in [7, 11) is 0. The van der Waals surface area contributed by atoms with Gasteiger partial charge in [0, 0.05) is 38.0 Å². The molecule has 7 aliphatic heterocycles. The number of hydrogen-bond donors (Lipinski definition) is 5. The topological polar surface area (TPSA) is 183 Å². The lowest BCUT2D eigenvalue weighted by atomic mass is 9.79. The average molecular weight is 807 g/mol. The number of carboxylic acids is 1. The molecule has 7 rings (SSSR count). The fourth-order valence-corrected chi connectivity index (χ4v) is 10.4. The Labute approximate surface area is 339 Å². The molecule has 57 heavy (non-hydrogen) atoms. The van der Waals surface area contributed by atoms with E-state index in [2.05, 4.69) is 20.4 Å². The minimum Gasteiger partial charge on any atom is -0.479 e. The Bertz CT molecular complexity index is 1560. The molecule has 0 amide bonds. The number of aliphatic hydroxyl groups excluding tert-OH is 2. The van der Waals surface area contributed by atoms with Crippen LogP contribution in [0.15, 0.2) is 36.0 Å². The normalized spacial score (nSPS) is 47.0. The molecule has 0 aromatic rings. The monoisotopic (exact) mass is 806 g/mol. The van der Waals surface area contributed by atoms with Gasteiger partial charge in [0.1, 0.15) is 24.4 Å². The summed E-state index contributed by atoms with van der Waals surface area (Å²) in [4.78, 5) is 11.6. The third-order valence-electron chi connectivity index (χ3n) is 13.8. The van der Waals surface area contributed by atoms with Gasteiger partial charge in [0.15, 0.2) is 17.2 Å². The van der Waals surface area contributed by atoms with E-state index in [-0.39, 0.29) is 42.1 Å². The van der Waals surface area contributed by atoms with Crippen LogP contribution in [0.3, 0.4) is 0 Å². The molecule has 0 bridgehead atoms. The Balaban J connectivity index is 0.939. The molecule has 13 nitrogen and oxygen atoms in total. The van der Waals surface area contributed by atoms with Crippen LogP contribution in [0, 0.1) is 17.8 Å². The number of aliphatic hydroxyl groups is 4. The van der Waals surface area contributed by atoms with Gasteiger partial charge in [0.05, 0.1) is 44.6 Å². The number of aliphatic carboxylic acids is 1. The molecule has 0 saturated carbocycles. The van der Waals surface area contributed by atoms with Crippen LogP contribution < -0.4 is 0 Å². The molecule has 0 radical (unpaired) electrons. The van der Waals surface area contributed by atoms with Crippen LogP contribution in [0.1, 0.15) is 126 Å². The van der Waals surface area contributed by atoms with Gasteiger partial charge < -0.3 is 58.7 Å². The number of carbonyl (C=O) groups is 1. The number of hydrogen-bond acceptors (Lipinski definition) is 12. The van der Waals surface area contributed by atoms with Crippen molar-refractivity contribution in [3.8, 4) is 0 Å². The van der Waals surface area contributed by atoms with Gasteiger partial charge in [-0.05, 0) is 95.1 Å². The zero-order chi connectivity index (χ0) is 41.8. The van der Waals surface area contributed by atoms with Crippen LogP contribution in [0.25, 0.3) is 0 Å². The second kappa shape index (κ2) is 17.0. The fraction of sp³-hybridized carbons (Fsp3) is 0.841. The minimum atomic E-state index is -2.21. The van der Waals surface area contributed by atoms with E-state index in [1.807, 2.05) is 26.0 Å². The molecule has 322 valence electrons. The molecule has 0 aliphatic carbocycles. The van der Waals surface area contributed by atoms with Gasteiger partial charge >= 0.3 is 5.97 Å². The highest BCUT2D eigenvalue weighted by molar-refractivity contribution is 5.76. The lowest BCUT2D eigenvalue weighted by molar-refractivity contribution is -0.321. The molecule has 17 atom stereocenters. The van der Waals surface area contributed by atoms with E-state index in [9.17, 15) is 30.3 Å². The molecule has 13 heteroatoms. The fourth-order valence-electron chi connectivity index (χ4n) is 10.4. The number of ether oxygens (including phenoxy) is 7. The van der Waals surface area contributed by atoms with Crippen molar-refractivity contribution < 1.29 is 64.9 Å². The Morgan fingerprint density at radius 1 is 1.04 bits per heavy atom. The van der Waals surface area contributed by atoms with Crippen molar-refractivity contribution in [2.45, 2.75) is 208 Å². The first-order valence-corrected chi connectivity index (χ1v) is 21.5.